The summed E-state index contributed by atoms with van der Waals surface area (Å²) >= 11 is 0. The van der Waals surface area contributed by atoms with Crippen molar-refractivity contribution in [1.82, 2.24) is 5.32 Å². The van der Waals surface area contributed by atoms with Crippen molar-refractivity contribution in [1.29, 1.82) is 0 Å². The molecule has 0 amide bonds. The number of carbonyl (C=O) groups excluding carboxylic acids is 1. The highest BCUT2D eigenvalue weighted by molar-refractivity contribution is 5.81. The van der Waals surface area contributed by atoms with Crippen molar-refractivity contribution in [3.8, 4) is 0 Å². The minimum atomic E-state index is -0.585. The van der Waals surface area contributed by atoms with Crippen LogP contribution < -0.4 is 5.32 Å². The second-order valence-corrected chi connectivity index (χ2v) is 4.83. The Bertz CT molecular complexity index is 328. The van der Waals surface area contributed by atoms with Gasteiger partial charge in [0.25, 0.3) is 0 Å². The van der Waals surface area contributed by atoms with E-state index in [2.05, 4.69) is 22.3 Å². The lowest BCUT2D eigenvalue weighted by Gasteiger charge is -2.39. The van der Waals surface area contributed by atoms with Gasteiger partial charge in [-0.2, -0.15) is 0 Å². The van der Waals surface area contributed by atoms with E-state index in [0.717, 1.165) is 25.7 Å². The van der Waals surface area contributed by atoms with E-state index in [0.29, 0.717) is 19.0 Å². The number of carbonyl (C=O) groups is 1. The number of esters is 1. The fourth-order valence-electron chi connectivity index (χ4n) is 2.74. The second kappa shape index (κ2) is 7.24. The molecule has 1 N–H and O–H groups in total. The third kappa shape index (κ3) is 3.62. The maximum atomic E-state index is 12.0. The molecule has 6 heteroatoms. The monoisotopic (exact) mass is 254 g/mol. The Kier molecular flexibility index (Phi) is 5.95. The van der Waals surface area contributed by atoms with E-state index in [9.17, 15) is 4.79 Å². The van der Waals surface area contributed by atoms with Crippen LogP contribution in [0.25, 0.3) is 10.4 Å². The van der Waals surface area contributed by atoms with Crippen molar-refractivity contribution >= 4 is 5.97 Å². The Morgan fingerprint density at radius 1 is 1.67 bits per heavy atom. The van der Waals surface area contributed by atoms with Crippen LogP contribution in [0.2, 0.25) is 0 Å². The van der Waals surface area contributed by atoms with Gasteiger partial charge in [0.2, 0.25) is 0 Å². The van der Waals surface area contributed by atoms with Crippen molar-refractivity contribution < 1.29 is 9.53 Å². The molecule has 2 unspecified atom stereocenters. The van der Waals surface area contributed by atoms with Crippen molar-refractivity contribution in [2.75, 3.05) is 20.2 Å². The van der Waals surface area contributed by atoms with Gasteiger partial charge in [-0.15, -0.1) is 0 Å². The maximum absolute atomic E-state index is 12.0. The van der Waals surface area contributed by atoms with Crippen molar-refractivity contribution in [2.24, 2.45) is 11.0 Å². The molecule has 1 fully saturated rings. The summed E-state index contributed by atoms with van der Waals surface area (Å²) in [5.41, 5.74) is 7.66. The summed E-state index contributed by atoms with van der Waals surface area (Å²) in [7, 11) is 1.43. The summed E-state index contributed by atoms with van der Waals surface area (Å²) in [5.74, 6) is 0.367. The first kappa shape index (κ1) is 14.8. The SMILES string of the molecule is CCC1CCCC(NCCN=[N+]=[N-])(C(=O)OC)C1. The number of methoxy groups -OCH3 is 1. The van der Waals surface area contributed by atoms with E-state index in [1.807, 2.05) is 0 Å². The summed E-state index contributed by atoms with van der Waals surface area (Å²) in [4.78, 5) is 14.7. The highest BCUT2D eigenvalue weighted by atomic mass is 16.5. The molecule has 0 bridgehead atoms. The Balaban J connectivity index is 2.68. The second-order valence-electron chi connectivity index (χ2n) is 4.83. The molecule has 0 saturated heterocycles. The highest BCUT2D eigenvalue weighted by Crippen LogP contribution is 2.35. The van der Waals surface area contributed by atoms with Crippen molar-refractivity contribution in [2.45, 2.75) is 44.6 Å². The molecule has 0 aromatic carbocycles. The molecule has 1 aliphatic rings. The molecule has 1 aliphatic carbocycles. The molecule has 0 heterocycles. The van der Waals surface area contributed by atoms with E-state index in [-0.39, 0.29) is 5.97 Å². The predicted molar refractivity (Wildman–Crippen MR) is 69.0 cm³/mol. The van der Waals surface area contributed by atoms with Crippen LogP contribution in [-0.4, -0.2) is 31.7 Å². The number of hydrogen-bond donors (Lipinski definition) is 1. The lowest BCUT2D eigenvalue weighted by Crippen LogP contribution is -2.56. The zero-order valence-electron chi connectivity index (χ0n) is 11.2. The van der Waals surface area contributed by atoms with E-state index in [1.54, 1.807) is 0 Å². The van der Waals surface area contributed by atoms with Crippen molar-refractivity contribution in [3.63, 3.8) is 0 Å². The fraction of sp³-hybridized carbons (Fsp3) is 0.917. The first-order valence-electron chi connectivity index (χ1n) is 6.53. The molecule has 0 aliphatic heterocycles. The minimum absolute atomic E-state index is 0.193. The van der Waals surface area contributed by atoms with Crippen LogP contribution in [0.15, 0.2) is 5.11 Å². The van der Waals surface area contributed by atoms with Gasteiger partial charge in [-0.1, -0.05) is 31.3 Å². The zero-order valence-corrected chi connectivity index (χ0v) is 11.2. The van der Waals surface area contributed by atoms with Gasteiger partial charge in [0.05, 0.1) is 7.11 Å². The average molecular weight is 254 g/mol. The fourth-order valence-corrected chi connectivity index (χ4v) is 2.74. The molecule has 102 valence electrons. The van der Waals surface area contributed by atoms with Crippen LogP contribution in [0.1, 0.15) is 39.0 Å². The number of nitrogens with one attached hydrogen (secondary N) is 1. The molecule has 1 rings (SSSR count). The predicted octanol–water partition coefficient (Wildman–Crippen LogP) is 2.40. The highest BCUT2D eigenvalue weighted by Gasteiger charge is 2.42. The Hall–Kier alpha value is -1.26. The van der Waals surface area contributed by atoms with Crippen LogP contribution >= 0.6 is 0 Å². The standard InChI is InChI=1S/C12H22N4O2/c1-3-10-5-4-6-12(9-10,11(17)18-2)14-7-8-15-16-13/h10,14H,3-9H2,1-2H3. The topological polar surface area (TPSA) is 87.1 Å². The molecular formula is C12H22N4O2. The first-order valence-corrected chi connectivity index (χ1v) is 6.53. The molecule has 1 saturated carbocycles. The summed E-state index contributed by atoms with van der Waals surface area (Å²) < 4.78 is 4.94. The molecular weight excluding hydrogens is 232 g/mol. The zero-order chi connectivity index (χ0) is 13.4. The Morgan fingerprint density at radius 2 is 2.44 bits per heavy atom. The van der Waals surface area contributed by atoms with Crippen LogP contribution in [0.4, 0.5) is 0 Å². The molecule has 0 aromatic rings. The largest absolute Gasteiger partial charge is 0.468 e. The van der Waals surface area contributed by atoms with Gasteiger partial charge in [0, 0.05) is 18.0 Å². The van der Waals surface area contributed by atoms with E-state index in [1.165, 1.54) is 13.5 Å². The summed E-state index contributed by atoms with van der Waals surface area (Å²) in [6.07, 6.45) is 4.89. The molecule has 2 atom stereocenters. The number of azide groups is 1. The molecule has 0 aromatic heterocycles. The molecule has 18 heavy (non-hydrogen) atoms. The number of ether oxygens (including phenoxy) is 1. The smallest absolute Gasteiger partial charge is 0.326 e. The van der Waals surface area contributed by atoms with Gasteiger partial charge in [-0.25, -0.2) is 0 Å². The van der Waals surface area contributed by atoms with Gasteiger partial charge in [-0.05, 0) is 24.3 Å². The van der Waals surface area contributed by atoms with Crippen LogP contribution in [0, 0.1) is 5.92 Å². The molecule has 6 nitrogen and oxygen atoms in total. The first-order chi connectivity index (χ1) is 8.68. The van der Waals surface area contributed by atoms with Gasteiger partial charge < -0.3 is 10.1 Å². The minimum Gasteiger partial charge on any atom is -0.468 e. The third-order valence-corrected chi connectivity index (χ3v) is 3.74. The quantitative estimate of drug-likeness (QED) is 0.259. The van der Waals surface area contributed by atoms with E-state index < -0.39 is 5.54 Å². The van der Waals surface area contributed by atoms with Gasteiger partial charge in [-0.3, -0.25) is 4.79 Å². The van der Waals surface area contributed by atoms with Gasteiger partial charge in [0.15, 0.2) is 0 Å². The Morgan fingerprint density at radius 3 is 3.06 bits per heavy atom. The number of rotatable bonds is 6. The van der Waals surface area contributed by atoms with Crippen molar-refractivity contribution in [3.05, 3.63) is 10.4 Å². The summed E-state index contributed by atoms with van der Waals surface area (Å²) in [6.45, 7) is 3.01. The number of nitrogens with zero attached hydrogens (tertiary/aromatic N) is 3. The van der Waals surface area contributed by atoms with E-state index >= 15 is 0 Å². The van der Waals surface area contributed by atoms with Crippen LogP contribution in [0.5, 0.6) is 0 Å². The van der Waals surface area contributed by atoms with Gasteiger partial charge >= 0.3 is 5.97 Å². The lowest BCUT2D eigenvalue weighted by atomic mass is 9.74. The maximum Gasteiger partial charge on any atom is 0.326 e. The van der Waals surface area contributed by atoms with Gasteiger partial charge in [0.1, 0.15) is 5.54 Å². The molecule has 0 radical (unpaired) electrons. The summed E-state index contributed by atoms with van der Waals surface area (Å²) in [6, 6.07) is 0. The van der Waals surface area contributed by atoms with Crippen LogP contribution in [-0.2, 0) is 9.53 Å². The average Bonchev–Trinajstić information content (AvgIpc) is 2.43. The van der Waals surface area contributed by atoms with Crippen LogP contribution in [0.3, 0.4) is 0 Å². The Labute approximate surface area is 108 Å². The molecule has 0 spiro atoms. The lowest BCUT2D eigenvalue weighted by molar-refractivity contribution is -0.151. The summed E-state index contributed by atoms with van der Waals surface area (Å²) in [5, 5.41) is 6.72. The van der Waals surface area contributed by atoms with E-state index in [4.69, 9.17) is 10.3 Å². The normalized spacial score (nSPS) is 27.3. The number of hydrogen-bond acceptors (Lipinski definition) is 4. The third-order valence-electron chi connectivity index (χ3n) is 3.74.